The van der Waals surface area contributed by atoms with Gasteiger partial charge in [0.1, 0.15) is 0 Å². The Bertz CT molecular complexity index is 432. The molecular formula is C16H29IN4. The van der Waals surface area contributed by atoms with Crippen molar-refractivity contribution in [1.82, 2.24) is 15.6 Å². The summed E-state index contributed by atoms with van der Waals surface area (Å²) in [5.41, 5.74) is 2.55. The maximum Gasteiger partial charge on any atom is 0.191 e. The zero-order valence-electron chi connectivity index (χ0n) is 13.8. The number of nitrogens with one attached hydrogen (secondary N) is 2. The van der Waals surface area contributed by atoms with Gasteiger partial charge in [-0.15, -0.1) is 24.0 Å². The smallest absolute Gasteiger partial charge is 0.191 e. The van der Waals surface area contributed by atoms with Crippen LogP contribution in [-0.2, 0) is 6.42 Å². The van der Waals surface area contributed by atoms with E-state index in [9.17, 15) is 0 Å². The highest BCUT2D eigenvalue weighted by atomic mass is 127. The monoisotopic (exact) mass is 404 g/mol. The van der Waals surface area contributed by atoms with Crippen molar-refractivity contribution in [2.75, 3.05) is 13.1 Å². The van der Waals surface area contributed by atoms with Crippen molar-refractivity contribution in [3.8, 4) is 0 Å². The molecule has 2 N–H and O–H groups in total. The number of pyridine rings is 1. The maximum atomic E-state index is 4.65. The van der Waals surface area contributed by atoms with E-state index >= 15 is 0 Å². The van der Waals surface area contributed by atoms with Crippen LogP contribution in [0.5, 0.6) is 0 Å². The van der Waals surface area contributed by atoms with Gasteiger partial charge in [-0.1, -0.05) is 13.8 Å². The molecule has 21 heavy (non-hydrogen) atoms. The topological polar surface area (TPSA) is 49.3 Å². The zero-order valence-corrected chi connectivity index (χ0v) is 16.1. The van der Waals surface area contributed by atoms with Gasteiger partial charge in [-0.3, -0.25) is 9.98 Å². The summed E-state index contributed by atoms with van der Waals surface area (Å²) in [6.07, 6.45) is 4.70. The molecule has 1 aromatic heterocycles. The number of aryl methyl sites for hydroxylation is 1. The van der Waals surface area contributed by atoms with Crippen LogP contribution in [0, 0.1) is 12.8 Å². The van der Waals surface area contributed by atoms with Crippen molar-refractivity contribution in [3.05, 3.63) is 29.6 Å². The Morgan fingerprint density at radius 3 is 2.62 bits per heavy atom. The second-order valence-electron chi connectivity index (χ2n) is 5.49. The summed E-state index contributed by atoms with van der Waals surface area (Å²) in [7, 11) is 0. The molecule has 0 saturated heterocycles. The number of rotatable bonds is 6. The summed E-state index contributed by atoms with van der Waals surface area (Å²) < 4.78 is 0. The summed E-state index contributed by atoms with van der Waals surface area (Å²) in [6, 6.07) is 2.48. The predicted octanol–water partition coefficient (Wildman–Crippen LogP) is 3.15. The fraction of sp³-hybridized carbons (Fsp3) is 0.625. The van der Waals surface area contributed by atoms with Crippen molar-refractivity contribution in [2.24, 2.45) is 10.9 Å². The number of guanidine groups is 1. The maximum absolute atomic E-state index is 4.65. The number of hydrogen-bond acceptors (Lipinski definition) is 2. The van der Waals surface area contributed by atoms with Crippen LogP contribution in [0.15, 0.2) is 23.5 Å². The van der Waals surface area contributed by atoms with E-state index in [0.717, 1.165) is 25.5 Å². The number of aromatic nitrogens is 1. The third-order valence-electron chi connectivity index (χ3n) is 3.50. The van der Waals surface area contributed by atoms with Gasteiger partial charge in [-0.05, 0) is 50.3 Å². The van der Waals surface area contributed by atoms with E-state index in [1.54, 1.807) is 0 Å². The summed E-state index contributed by atoms with van der Waals surface area (Å²) in [5.74, 6) is 1.49. The Morgan fingerprint density at radius 2 is 2.05 bits per heavy atom. The van der Waals surface area contributed by atoms with E-state index in [4.69, 9.17) is 0 Å². The predicted molar refractivity (Wildman–Crippen MR) is 102 cm³/mol. The average Bonchev–Trinajstić information content (AvgIpc) is 2.41. The molecule has 1 aromatic rings. The molecule has 0 aromatic carbocycles. The molecule has 0 aliphatic heterocycles. The molecule has 1 rings (SSSR count). The van der Waals surface area contributed by atoms with Gasteiger partial charge in [-0.2, -0.15) is 0 Å². The van der Waals surface area contributed by atoms with Gasteiger partial charge in [0, 0.05) is 31.5 Å². The fourth-order valence-corrected chi connectivity index (χ4v) is 1.77. The molecule has 0 radical (unpaired) electrons. The van der Waals surface area contributed by atoms with Gasteiger partial charge in [-0.25, -0.2) is 0 Å². The Kier molecular flexibility index (Phi) is 10.4. The van der Waals surface area contributed by atoms with Crippen LogP contribution in [0.3, 0.4) is 0 Å². The third kappa shape index (κ3) is 7.64. The van der Waals surface area contributed by atoms with E-state index in [0.29, 0.717) is 12.0 Å². The van der Waals surface area contributed by atoms with Crippen molar-refractivity contribution in [1.29, 1.82) is 0 Å². The standard InChI is InChI=1S/C16H28N4.HI/c1-6-18-16(20-14(5)12(2)3)19-10-8-15-7-9-17-11-13(15)4;/h7,9,11-12,14H,6,8,10H2,1-5H3,(H2,18,19,20);1H. The van der Waals surface area contributed by atoms with Gasteiger partial charge in [0.15, 0.2) is 5.96 Å². The van der Waals surface area contributed by atoms with E-state index in [1.165, 1.54) is 11.1 Å². The van der Waals surface area contributed by atoms with Gasteiger partial charge in [0.25, 0.3) is 0 Å². The zero-order chi connectivity index (χ0) is 15.0. The Hall–Kier alpha value is -0.850. The third-order valence-corrected chi connectivity index (χ3v) is 3.50. The Balaban J connectivity index is 0.00000400. The number of nitrogens with zero attached hydrogens (tertiary/aromatic N) is 2. The summed E-state index contributed by atoms with van der Waals surface area (Å²) in [6.45, 7) is 12.4. The number of aliphatic imine (C=N–C) groups is 1. The molecule has 0 bridgehead atoms. The number of halogens is 1. The highest BCUT2D eigenvalue weighted by Gasteiger charge is 2.08. The van der Waals surface area contributed by atoms with Crippen LogP contribution in [-0.4, -0.2) is 30.1 Å². The molecule has 1 heterocycles. The van der Waals surface area contributed by atoms with Gasteiger partial charge < -0.3 is 10.6 Å². The molecule has 1 atom stereocenters. The van der Waals surface area contributed by atoms with Crippen LogP contribution >= 0.6 is 24.0 Å². The van der Waals surface area contributed by atoms with Crippen LogP contribution < -0.4 is 10.6 Å². The lowest BCUT2D eigenvalue weighted by Crippen LogP contribution is -2.44. The first-order chi connectivity index (χ1) is 9.54. The Labute approximate surface area is 146 Å². The van der Waals surface area contributed by atoms with Crippen molar-refractivity contribution in [3.63, 3.8) is 0 Å². The van der Waals surface area contributed by atoms with Gasteiger partial charge in [0.2, 0.25) is 0 Å². The first-order valence-corrected chi connectivity index (χ1v) is 7.49. The van der Waals surface area contributed by atoms with Crippen molar-refractivity contribution in [2.45, 2.75) is 47.1 Å². The van der Waals surface area contributed by atoms with E-state index in [1.807, 2.05) is 12.4 Å². The average molecular weight is 404 g/mol. The molecule has 0 spiro atoms. The van der Waals surface area contributed by atoms with Crippen molar-refractivity contribution >= 4 is 29.9 Å². The lowest BCUT2D eigenvalue weighted by molar-refractivity contribution is 0.481. The lowest BCUT2D eigenvalue weighted by Gasteiger charge is -2.20. The SMILES string of the molecule is CCNC(=NCCc1ccncc1C)NC(C)C(C)C.I. The highest BCUT2D eigenvalue weighted by Crippen LogP contribution is 2.05. The molecule has 0 amide bonds. The molecule has 0 saturated carbocycles. The summed E-state index contributed by atoms with van der Waals surface area (Å²) >= 11 is 0. The molecule has 5 heteroatoms. The molecule has 1 unspecified atom stereocenters. The minimum atomic E-state index is 0. The van der Waals surface area contributed by atoms with Crippen molar-refractivity contribution < 1.29 is 0 Å². The molecular weight excluding hydrogens is 375 g/mol. The van der Waals surface area contributed by atoms with E-state index < -0.39 is 0 Å². The second kappa shape index (κ2) is 10.8. The van der Waals surface area contributed by atoms with E-state index in [2.05, 4.69) is 61.3 Å². The minimum absolute atomic E-state index is 0. The molecule has 120 valence electrons. The van der Waals surface area contributed by atoms with Crippen LogP contribution in [0.1, 0.15) is 38.8 Å². The summed E-state index contributed by atoms with van der Waals surface area (Å²) in [4.78, 5) is 8.76. The van der Waals surface area contributed by atoms with E-state index in [-0.39, 0.29) is 24.0 Å². The lowest BCUT2D eigenvalue weighted by atomic mass is 10.1. The van der Waals surface area contributed by atoms with Gasteiger partial charge >= 0.3 is 0 Å². The molecule has 0 fully saturated rings. The van der Waals surface area contributed by atoms with Gasteiger partial charge in [0.05, 0.1) is 0 Å². The Morgan fingerprint density at radius 1 is 1.33 bits per heavy atom. The highest BCUT2D eigenvalue weighted by molar-refractivity contribution is 14.0. The first kappa shape index (κ1) is 20.1. The number of hydrogen-bond donors (Lipinski definition) is 2. The van der Waals surface area contributed by atoms with Crippen LogP contribution in [0.4, 0.5) is 0 Å². The van der Waals surface area contributed by atoms with Crippen LogP contribution in [0.2, 0.25) is 0 Å². The minimum Gasteiger partial charge on any atom is -0.357 e. The quantitative estimate of drug-likeness (QED) is 0.435. The fourth-order valence-electron chi connectivity index (χ4n) is 1.77. The summed E-state index contributed by atoms with van der Waals surface area (Å²) in [5, 5.41) is 6.74. The largest absolute Gasteiger partial charge is 0.357 e. The molecule has 4 nitrogen and oxygen atoms in total. The normalized spacial score (nSPS) is 12.8. The second-order valence-corrected chi connectivity index (χ2v) is 5.49. The van der Waals surface area contributed by atoms with Crippen LogP contribution in [0.25, 0.3) is 0 Å². The first-order valence-electron chi connectivity index (χ1n) is 7.49. The molecule has 0 aliphatic rings. The molecule has 0 aliphatic carbocycles.